The zero-order chi connectivity index (χ0) is 13.8. The van der Waals surface area contributed by atoms with Crippen molar-refractivity contribution in [2.24, 2.45) is 0 Å². The lowest BCUT2D eigenvalue weighted by molar-refractivity contribution is 0.804. The summed E-state index contributed by atoms with van der Waals surface area (Å²) in [4.78, 5) is 4.37. The SMILES string of the molecule is Brc1ccccc1Cn1ccnc1Nc1ccccc1. The molecule has 0 aliphatic rings. The van der Waals surface area contributed by atoms with E-state index in [1.807, 2.05) is 54.9 Å². The molecule has 20 heavy (non-hydrogen) atoms. The van der Waals surface area contributed by atoms with Crippen LogP contribution in [0.4, 0.5) is 11.6 Å². The average molecular weight is 328 g/mol. The summed E-state index contributed by atoms with van der Waals surface area (Å²) in [5, 5.41) is 3.33. The van der Waals surface area contributed by atoms with E-state index in [2.05, 4.69) is 42.9 Å². The van der Waals surface area contributed by atoms with Gasteiger partial charge >= 0.3 is 0 Å². The molecule has 100 valence electrons. The zero-order valence-corrected chi connectivity index (χ0v) is 12.4. The molecule has 0 bridgehead atoms. The van der Waals surface area contributed by atoms with Gasteiger partial charge in [0.2, 0.25) is 5.95 Å². The second kappa shape index (κ2) is 5.92. The van der Waals surface area contributed by atoms with Crippen LogP contribution in [0.25, 0.3) is 0 Å². The van der Waals surface area contributed by atoms with E-state index >= 15 is 0 Å². The second-order valence-corrected chi connectivity index (χ2v) is 5.32. The van der Waals surface area contributed by atoms with Crippen LogP contribution in [0.5, 0.6) is 0 Å². The molecule has 2 aromatic carbocycles. The first-order valence-corrected chi connectivity index (χ1v) is 7.19. The van der Waals surface area contributed by atoms with Gasteiger partial charge < -0.3 is 9.88 Å². The standard InChI is InChI=1S/C16H14BrN3/c17-15-9-5-4-6-13(15)12-20-11-10-18-16(20)19-14-7-2-1-3-8-14/h1-11H,12H2,(H,18,19). The van der Waals surface area contributed by atoms with E-state index in [-0.39, 0.29) is 0 Å². The van der Waals surface area contributed by atoms with Crippen molar-refractivity contribution in [3.63, 3.8) is 0 Å². The summed E-state index contributed by atoms with van der Waals surface area (Å²) < 4.78 is 3.20. The van der Waals surface area contributed by atoms with E-state index < -0.39 is 0 Å². The molecule has 0 aliphatic heterocycles. The highest BCUT2D eigenvalue weighted by Crippen LogP contribution is 2.20. The van der Waals surface area contributed by atoms with Crippen LogP contribution in [0, 0.1) is 0 Å². The highest BCUT2D eigenvalue weighted by Gasteiger charge is 2.05. The average Bonchev–Trinajstić information content (AvgIpc) is 2.90. The molecule has 1 heterocycles. The molecule has 3 aromatic rings. The first-order valence-electron chi connectivity index (χ1n) is 6.39. The Kier molecular flexibility index (Phi) is 3.83. The second-order valence-electron chi connectivity index (χ2n) is 4.46. The van der Waals surface area contributed by atoms with E-state index in [9.17, 15) is 0 Å². The third kappa shape index (κ3) is 2.91. The molecule has 0 atom stereocenters. The summed E-state index contributed by atoms with van der Waals surface area (Å²) in [6, 6.07) is 18.3. The molecule has 1 N–H and O–H groups in total. The minimum atomic E-state index is 0.774. The van der Waals surface area contributed by atoms with Crippen LogP contribution >= 0.6 is 15.9 Å². The van der Waals surface area contributed by atoms with Crippen molar-refractivity contribution in [1.29, 1.82) is 0 Å². The predicted octanol–water partition coefficient (Wildman–Crippen LogP) is 4.44. The van der Waals surface area contributed by atoms with Crippen molar-refractivity contribution in [2.45, 2.75) is 6.54 Å². The molecule has 3 nitrogen and oxygen atoms in total. The fourth-order valence-electron chi connectivity index (χ4n) is 2.02. The largest absolute Gasteiger partial charge is 0.326 e. The normalized spacial score (nSPS) is 10.4. The number of hydrogen-bond donors (Lipinski definition) is 1. The number of halogens is 1. The lowest BCUT2D eigenvalue weighted by Crippen LogP contribution is -2.04. The fourth-order valence-corrected chi connectivity index (χ4v) is 2.43. The summed E-state index contributed by atoms with van der Waals surface area (Å²) in [6.45, 7) is 0.774. The Bertz CT molecular complexity index is 692. The Labute approximate surface area is 126 Å². The topological polar surface area (TPSA) is 29.9 Å². The molecule has 0 unspecified atom stereocenters. The lowest BCUT2D eigenvalue weighted by Gasteiger charge is -2.11. The van der Waals surface area contributed by atoms with E-state index in [1.165, 1.54) is 5.56 Å². The quantitative estimate of drug-likeness (QED) is 0.767. The molecule has 0 spiro atoms. The summed E-state index contributed by atoms with van der Waals surface area (Å²) in [6.07, 6.45) is 3.78. The zero-order valence-electron chi connectivity index (χ0n) is 10.8. The van der Waals surface area contributed by atoms with Gasteiger partial charge in [0, 0.05) is 22.6 Å². The minimum Gasteiger partial charge on any atom is -0.326 e. The third-order valence-corrected chi connectivity index (χ3v) is 3.82. The predicted molar refractivity (Wildman–Crippen MR) is 85.2 cm³/mol. The van der Waals surface area contributed by atoms with E-state index in [4.69, 9.17) is 0 Å². The van der Waals surface area contributed by atoms with Gasteiger partial charge in [0.05, 0.1) is 6.54 Å². The maximum absolute atomic E-state index is 4.37. The smallest absolute Gasteiger partial charge is 0.207 e. The molecule has 0 aliphatic carbocycles. The Morgan fingerprint density at radius 2 is 1.75 bits per heavy atom. The van der Waals surface area contributed by atoms with Gasteiger partial charge in [-0.1, -0.05) is 52.3 Å². The van der Waals surface area contributed by atoms with Gasteiger partial charge in [-0.3, -0.25) is 0 Å². The van der Waals surface area contributed by atoms with Crippen molar-refractivity contribution < 1.29 is 0 Å². The molecule has 0 fully saturated rings. The number of nitrogens with one attached hydrogen (secondary N) is 1. The van der Waals surface area contributed by atoms with Gasteiger partial charge in [-0.05, 0) is 23.8 Å². The fraction of sp³-hybridized carbons (Fsp3) is 0.0625. The van der Waals surface area contributed by atoms with Crippen LogP contribution < -0.4 is 5.32 Å². The summed E-state index contributed by atoms with van der Waals surface area (Å²) in [5.74, 6) is 0.840. The molecular weight excluding hydrogens is 314 g/mol. The first-order chi connectivity index (χ1) is 9.83. The van der Waals surface area contributed by atoms with Gasteiger partial charge in [0.1, 0.15) is 0 Å². The first kappa shape index (κ1) is 12.9. The Morgan fingerprint density at radius 1 is 1.00 bits per heavy atom. The van der Waals surface area contributed by atoms with Crippen LogP contribution in [0.2, 0.25) is 0 Å². The van der Waals surface area contributed by atoms with Gasteiger partial charge in [-0.2, -0.15) is 0 Å². The van der Waals surface area contributed by atoms with Crippen LogP contribution in [-0.2, 0) is 6.54 Å². The molecule has 0 saturated carbocycles. The molecule has 3 rings (SSSR count). The van der Waals surface area contributed by atoms with E-state index in [1.54, 1.807) is 0 Å². The van der Waals surface area contributed by atoms with Crippen molar-refractivity contribution >= 4 is 27.6 Å². The van der Waals surface area contributed by atoms with Crippen molar-refractivity contribution in [2.75, 3.05) is 5.32 Å². The number of benzene rings is 2. The van der Waals surface area contributed by atoms with Crippen LogP contribution in [-0.4, -0.2) is 9.55 Å². The summed E-state index contributed by atoms with van der Waals surface area (Å²) in [7, 11) is 0. The third-order valence-electron chi connectivity index (χ3n) is 3.04. The maximum atomic E-state index is 4.37. The monoisotopic (exact) mass is 327 g/mol. The van der Waals surface area contributed by atoms with Gasteiger partial charge in [0.15, 0.2) is 0 Å². The highest BCUT2D eigenvalue weighted by molar-refractivity contribution is 9.10. The Morgan fingerprint density at radius 3 is 2.55 bits per heavy atom. The maximum Gasteiger partial charge on any atom is 0.207 e. The molecule has 0 saturated heterocycles. The van der Waals surface area contributed by atoms with Crippen LogP contribution in [0.15, 0.2) is 71.5 Å². The number of para-hydroxylation sites is 1. The van der Waals surface area contributed by atoms with Gasteiger partial charge in [0.25, 0.3) is 0 Å². The Balaban J connectivity index is 1.82. The van der Waals surface area contributed by atoms with E-state index in [0.29, 0.717) is 0 Å². The van der Waals surface area contributed by atoms with Crippen molar-refractivity contribution in [3.8, 4) is 0 Å². The number of nitrogens with zero attached hydrogens (tertiary/aromatic N) is 2. The number of rotatable bonds is 4. The number of anilines is 2. The van der Waals surface area contributed by atoms with Crippen LogP contribution in [0.1, 0.15) is 5.56 Å². The molecule has 0 amide bonds. The highest BCUT2D eigenvalue weighted by atomic mass is 79.9. The number of hydrogen-bond acceptors (Lipinski definition) is 2. The van der Waals surface area contributed by atoms with Gasteiger partial charge in [-0.15, -0.1) is 0 Å². The van der Waals surface area contributed by atoms with Gasteiger partial charge in [-0.25, -0.2) is 4.98 Å². The molecular formula is C16H14BrN3. The van der Waals surface area contributed by atoms with E-state index in [0.717, 1.165) is 22.7 Å². The van der Waals surface area contributed by atoms with Crippen LogP contribution in [0.3, 0.4) is 0 Å². The Hall–Kier alpha value is -2.07. The lowest BCUT2D eigenvalue weighted by atomic mass is 10.2. The molecule has 1 aromatic heterocycles. The van der Waals surface area contributed by atoms with Crippen molar-refractivity contribution in [1.82, 2.24) is 9.55 Å². The number of aromatic nitrogens is 2. The minimum absolute atomic E-state index is 0.774. The summed E-state index contributed by atoms with van der Waals surface area (Å²) in [5.41, 5.74) is 2.26. The molecule has 4 heteroatoms. The number of imidazole rings is 1. The summed E-state index contributed by atoms with van der Waals surface area (Å²) >= 11 is 3.58. The van der Waals surface area contributed by atoms with Crippen molar-refractivity contribution in [3.05, 3.63) is 77.0 Å². The molecule has 0 radical (unpaired) electrons.